The molecule has 2 atom stereocenters. The highest BCUT2D eigenvalue weighted by atomic mass is 32.2. The van der Waals surface area contributed by atoms with E-state index in [-0.39, 0.29) is 12.4 Å². The summed E-state index contributed by atoms with van der Waals surface area (Å²) in [5.41, 5.74) is 3.01. The van der Waals surface area contributed by atoms with E-state index < -0.39 is 32.3 Å². The molecule has 356 valence electrons. The molecule has 16 nitrogen and oxygen atoms in total. The number of para-hydroxylation sites is 2. The third-order valence-corrected chi connectivity index (χ3v) is 14.5. The highest BCUT2D eigenvalue weighted by Crippen LogP contribution is 2.27. The number of rotatable bonds is 18. The average Bonchev–Trinajstić information content (AvgIpc) is 3.88. The number of benzene rings is 4. The van der Waals surface area contributed by atoms with E-state index in [4.69, 9.17) is 9.47 Å². The first-order chi connectivity index (χ1) is 31.7. The largest absolute Gasteiger partial charge is 0.491 e. The summed E-state index contributed by atoms with van der Waals surface area (Å²) in [6.45, 7) is 16.5. The van der Waals surface area contributed by atoms with Crippen molar-refractivity contribution in [2.24, 2.45) is 0 Å². The smallest absolute Gasteiger partial charge is 0.254 e. The molecule has 0 aliphatic carbocycles. The van der Waals surface area contributed by atoms with Gasteiger partial charge in [0.25, 0.3) is 10.0 Å². The topological polar surface area (TPSA) is 199 Å². The van der Waals surface area contributed by atoms with Gasteiger partial charge in [0, 0.05) is 101 Å². The molecule has 66 heavy (non-hydrogen) atoms. The fraction of sp³-hybridized carbons (Fsp3) is 0.391. The number of β-amino-alcohol motifs (C(OH)–C–C–N with tert-alkyl or cyclic N) is 2. The minimum atomic E-state index is -3.38. The first-order valence-electron chi connectivity index (χ1n) is 21.7. The van der Waals surface area contributed by atoms with Gasteiger partial charge in [0.1, 0.15) is 36.9 Å². The van der Waals surface area contributed by atoms with E-state index in [1.54, 1.807) is 71.2 Å². The van der Waals surface area contributed by atoms with Gasteiger partial charge in [0.15, 0.2) is 0 Å². The average molecular weight is 981 g/mol. The number of anilines is 2. The van der Waals surface area contributed by atoms with Gasteiger partial charge in [-0.15, -0.1) is 22.7 Å². The van der Waals surface area contributed by atoms with E-state index in [1.807, 2.05) is 62.4 Å². The Morgan fingerprint density at radius 2 is 1.14 bits per heavy atom. The zero-order valence-corrected chi connectivity index (χ0v) is 40.6. The van der Waals surface area contributed by atoms with E-state index >= 15 is 0 Å². The normalized spacial score (nSPS) is 16.0. The molecular weight excluding hydrogens is 921 g/mol. The minimum absolute atomic E-state index is 0.0568. The van der Waals surface area contributed by atoms with Gasteiger partial charge < -0.3 is 25.0 Å². The molecule has 6 aromatic rings. The standard InChI is InChI=1S/C23H30N4O4S2.C15H21N3O2S.C8H9NO2S/c1-18-24-22-15-21(7-8-23(22)32-18)31-17-20(28)16-27-11-9-26(10-12-27)13-14-33(29,30)25-19-5-3-2-4-6-19;1-11-17-14-8-13(2-3-15(14)21-11)20-10-12(19)9-18-6-4-16-5-7-18;1-2-12(10,11)9-8-6-4-3-5-7-8/h2-8,15,20,25,28H,9-14,16-17H2,1H3;2-3,8,12,16,19H,4-7,9-10H2,1H3;2-7,9H,1H2/t20-;12-;/m11./s1. The molecule has 0 saturated carbocycles. The number of aliphatic hydroxyl groups is 2. The van der Waals surface area contributed by atoms with E-state index in [2.05, 4.69) is 46.0 Å². The van der Waals surface area contributed by atoms with E-state index in [0.29, 0.717) is 43.4 Å². The highest BCUT2D eigenvalue weighted by Gasteiger charge is 2.22. The third-order valence-electron chi connectivity index (χ3n) is 10.4. The van der Waals surface area contributed by atoms with Crippen molar-refractivity contribution >= 4 is 74.5 Å². The van der Waals surface area contributed by atoms with E-state index in [1.165, 1.54) is 4.70 Å². The van der Waals surface area contributed by atoms with E-state index in [0.717, 1.165) is 89.3 Å². The van der Waals surface area contributed by atoms with Crippen molar-refractivity contribution < 1.29 is 36.5 Å². The maximum Gasteiger partial charge on any atom is 0.254 e. The van der Waals surface area contributed by atoms with Gasteiger partial charge in [0.2, 0.25) is 10.0 Å². The van der Waals surface area contributed by atoms with Crippen LogP contribution in [0, 0.1) is 13.8 Å². The van der Waals surface area contributed by atoms with Crippen LogP contribution in [0.3, 0.4) is 0 Å². The van der Waals surface area contributed by atoms with Crippen LogP contribution in [0.25, 0.3) is 20.4 Å². The molecule has 0 radical (unpaired) electrons. The van der Waals surface area contributed by atoms with Crippen LogP contribution in [0.1, 0.15) is 10.0 Å². The molecule has 0 amide bonds. The number of ether oxygens (including phenoxy) is 2. The Labute approximate surface area is 396 Å². The van der Waals surface area contributed by atoms with Crippen molar-refractivity contribution in [3.63, 3.8) is 0 Å². The molecule has 0 bridgehead atoms. The molecule has 5 N–H and O–H groups in total. The van der Waals surface area contributed by atoms with Crippen LogP contribution in [-0.2, 0) is 20.0 Å². The Morgan fingerprint density at radius 1 is 0.682 bits per heavy atom. The number of thiazole rings is 2. The predicted molar refractivity (Wildman–Crippen MR) is 267 cm³/mol. The van der Waals surface area contributed by atoms with Gasteiger partial charge in [-0.25, -0.2) is 26.8 Å². The zero-order chi connectivity index (χ0) is 46.9. The summed E-state index contributed by atoms with van der Waals surface area (Å²) >= 11 is 3.33. The maximum atomic E-state index is 12.3. The fourth-order valence-corrected chi connectivity index (χ4v) is 10.4. The van der Waals surface area contributed by atoms with Crippen LogP contribution >= 0.6 is 22.7 Å². The lowest BCUT2D eigenvalue weighted by atomic mass is 10.2. The second-order valence-corrected chi connectivity index (χ2v) is 21.8. The van der Waals surface area contributed by atoms with Gasteiger partial charge in [-0.1, -0.05) is 43.0 Å². The first-order valence-corrected chi connectivity index (χ1v) is 26.5. The number of nitrogens with one attached hydrogen (secondary N) is 3. The van der Waals surface area contributed by atoms with Crippen LogP contribution in [0.5, 0.6) is 11.5 Å². The van der Waals surface area contributed by atoms with Crippen molar-refractivity contribution in [1.82, 2.24) is 30.0 Å². The summed E-state index contributed by atoms with van der Waals surface area (Å²) < 4.78 is 65.2. The highest BCUT2D eigenvalue weighted by molar-refractivity contribution is 7.95. The lowest BCUT2D eigenvalue weighted by Gasteiger charge is -2.35. The Balaban J connectivity index is 0.000000185. The quantitative estimate of drug-likeness (QED) is 0.0751. The van der Waals surface area contributed by atoms with Crippen LogP contribution < -0.4 is 24.2 Å². The van der Waals surface area contributed by atoms with Gasteiger partial charge in [-0.3, -0.25) is 24.1 Å². The molecule has 20 heteroatoms. The number of aryl methyl sites for hydroxylation is 2. The van der Waals surface area contributed by atoms with Crippen molar-refractivity contribution in [3.05, 3.63) is 119 Å². The van der Waals surface area contributed by atoms with Gasteiger partial charge in [-0.05, 0) is 62.4 Å². The van der Waals surface area contributed by atoms with Crippen molar-refractivity contribution in [2.45, 2.75) is 26.1 Å². The number of hydrogen-bond donors (Lipinski definition) is 5. The summed E-state index contributed by atoms with van der Waals surface area (Å²) in [6.07, 6.45) is -1.06. The van der Waals surface area contributed by atoms with Crippen LogP contribution in [0.15, 0.2) is 109 Å². The molecule has 2 aliphatic heterocycles. The van der Waals surface area contributed by atoms with Crippen LogP contribution in [0.4, 0.5) is 11.4 Å². The number of fused-ring (bicyclic) bond motifs is 2. The number of aromatic nitrogens is 2. The summed E-state index contributed by atoms with van der Waals surface area (Å²) in [4.78, 5) is 15.5. The summed E-state index contributed by atoms with van der Waals surface area (Å²) in [7, 11) is -6.74. The predicted octanol–water partition coefficient (Wildman–Crippen LogP) is 5.23. The molecule has 4 aromatic carbocycles. The summed E-state index contributed by atoms with van der Waals surface area (Å²) in [5, 5.41) is 26.7. The van der Waals surface area contributed by atoms with Crippen molar-refractivity contribution in [2.75, 3.05) is 100 Å². The Hall–Kier alpha value is -4.74. The van der Waals surface area contributed by atoms with Gasteiger partial charge in [0.05, 0.1) is 36.2 Å². The summed E-state index contributed by atoms with van der Waals surface area (Å²) in [5.74, 6) is 1.54. The van der Waals surface area contributed by atoms with Crippen LogP contribution in [0.2, 0.25) is 0 Å². The number of sulfonamides is 2. The van der Waals surface area contributed by atoms with Crippen LogP contribution in [-0.4, -0.2) is 155 Å². The summed E-state index contributed by atoms with van der Waals surface area (Å²) in [6, 6.07) is 29.3. The molecule has 8 rings (SSSR count). The van der Waals surface area contributed by atoms with Gasteiger partial charge >= 0.3 is 0 Å². The lowest BCUT2D eigenvalue weighted by Crippen LogP contribution is -2.50. The zero-order valence-electron chi connectivity index (χ0n) is 37.3. The second-order valence-electron chi connectivity index (χ2n) is 15.8. The number of piperazine rings is 2. The molecule has 0 unspecified atom stereocenters. The molecule has 4 heterocycles. The molecule has 2 saturated heterocycles. The molecule has 2 aromatic heterocycles. The molecular formula is C46H60N8O8S4. The van der Waals surface area contributed by atoms with Crippen molar-refractivity contribution in [3.8, 4) is 11.5 Å². The lowest BCUT2D eigenvalue weighted by molar-refractivity contribution is 0.0472. The molecule has 2 aliphatic rings. The molecule has 2 fully saturated rings. The minimum Gasteiger partial charge on any atom is -0.491 e. The Kier molecular flexibility index (Phi) is 19.1. The number of nitrogens with zero attached hydrogens (tertiary/aromatic N) is 5. The number of aliphatic hydroxyl groups excluding tert-OH is 2. The Morgan fingerprint density at radius 3 is 1.62 bits per heavy atom. The first kappa shape index (κ1) is 50.7. The van der Waals surface area contributed by atoms with E-state index in [9.17, 15) is 27.0 Å². The van der Waals surface area contributed by atoms with Crippen molar-refractivity contribution in [1.29, 1.82) is 0 Å². The molecule has 0 spiro atoms. The number of hydrogen-bond acceptors (Lipinski definition) is 16. The fourth-order valence-electron chi connectivity index (χ4n) is 7.10. The van der Waals surface area contributed by atoms with Gasteiger partial charge in [-0.2, -0.15) is 0 Å². The Bertz CT molecular complexity index is 2640. The maximum absolute atomic E-state index is 12.3. The second kappa shape index (κ2) is 24.9. The SMILES string of the molecule is C=CS(=O)(=O)Nc1ccccc1.Cc1nc2cc(OC[C@H](O)CN3CCN(CCS(=O)(=O)Nc4ccccc4)CC3)ccc2s1.Cc1nc2cc(OC[C@H](O)CN3CCNCC3)ccc2s1. The monoisotopic (exact) mass is 980 g/mol. The third kappa shape index (κ3) is 17.2.